The topological polar surface area (TPSA) is 78.7 Å². The summed E-state index contributed by atoms with van der Waals surface area (Å²) in [6.07, 6.45) is 3.28. The number of rotatable bonds is 1. The fraction of sp³-hybridized carbons (Fsp3) is 0.417. The standard InChI is InChI=1S/C12H14N4O/c1-2-7-3-8-5-10-11(6-9(8)4-7)16(17)15-12(13)14-10/h5-7H,2-4H2,1H3,(H2,13,14,15). The molecule has 0 spiro atoms. The lowest BCUT2D eigenvalue weighted by Crippen LogP contribution is -2.33. The summed E-state index contributed by atoms with van der Waals surface area (Å²) in [5.74, 6) is 0.713. The molecule has 88 valence electrons. The molecule has 1 unspecified atom stereocenters. The van der Waals surface area contributed by atoms with E-state index in [1.807, 2.05) is 12.1 Å². The molecule has 0 saturated heterocycles. The molecule has 0 bridgehead atoms. The number of nitrogen functional groups attached to an aromatic ring is 1. The van der Waals surface area contributed by atoms with E-state index in [4.69, 9.17) is 5.73 Å². The molecule has 3 rings (SSSR count). The number of anilines is 1. The van der Waals surface area contributed by atoms with Crippen molar-refractivity contribution in [2.24, 2.45) is 5.92 Å². The normalized spacial score (nSPS) is 18.5. The fourth-order valence-electron chi connectivity index (χ4n) is 2.56. The first-order chi connectivity index (χ1) is 8.17. The maximum atomic E-state index is 11.6. The maximum absolute atomic E-state index is 11.6. The third-order valence-electron chi connectivity index (χ3n) is 3.53. The Bertz CT molecular complexity index is 597. The van der Waals surface area contributed by atoms with E-state index in [0.29, 0.717) is 21.8 Å². The Morgan fingerprint density at radius 1 is 1.41 bits per heavy atom. The number of benzene rings is 1. The molecule has 0 amide bonds. The van der Waals surface area contributed by atoms with E-state index in [9.17, 15) is 5.21 Å². The summed E-state index contributed by atoms with van der Waals surface area (Å²) >= 11 is 0. The summed E-state index contributed by atoms with van der Waals surface area (Å²) in [4.78, 5) is 4.68. The van der Waals surface area contributed by atoms with Gasteiger partial charge in [-0.05, 0) is 40.8 Å². The zero-order chi connectivity index (χ0) is 12.0. The first kappa shape index (κ1) is 10.3. The van der Waals surface area contributed by atoms with Crippen LogP contribution in [0.4, 0.5) is 5.95 Å². The van der Waals surface area contributed by atoms with Crippen molar-refractivity contribution in [3.8, 4) is 0 Å². The molecule has 0 radical (unpaired) electrons. The molecule has 0 fully saturated rings. The highest BCUT2D eigenvalue weighted by atomic mass is 16.5. The molecule has 0 saturated carbocycles. The predicted octanol–water partition coefficient (Wildman–Crippen LogP) is 0.970. The highest BCUT2D eigenvalue weighted by Crippen LogP contribution is 2.30. The van der Waals surface area contributed by atoms with Crippen molar-refractivity contribution >= 4 is 17.0 Å². The van der Waals surface area contributed by atoms with E-state index in [-0.39, 0.29) is 5.95 Å². The molecule has 17 heavy (non-hydrogen) atoms. The lowest BCUT2D eigenvalue weighted by atomic mass is 10.0. The van der Waals surface area contributed by atoms with Gasteiger partial charge in [0.1, 0.15) is 5.52 Å². The van der Waals surface area contributed by atoms with Crippen molar-refractivity contribution in [2.75, 3.05) is 5.73 Å². The van der Waals surface area contributed by atoms with Crippen LogP contribution in [0.15, 0.2) is 12.1 Å². The van der Waals surface area contributed by atoms with Crippen molar-refractivity contribution in [2.45, 2.75) is 26.2 Å². The zero-order valence-corrected chi connectivity index (χ0v) is 9.68. The highest BCUT2D eigenvalue weighted by molar-refractivity contribution is 5.74. The number of hydrogen-bond acceptors (Lipinski definition) is 4. The number of nitrogens with two attached hydrogens (primary N) is 1. The second kappa shape index (κ2) is 3.55. The quantitative estimate of drug-likeness (QED) is 0.585. The first-order valence-corrected chi connectivity index (χ1v) is 5.86. The summed E-state index contributed by atoms with van der Waals surface area (Å²) in [6.45, 7) is 2.20. The molecule has 5 heteroatoms. The van der Waals surface area contributed by atoms with Crippen molar-refractivity contribution in [1.82, 2.24) is 10.1 Å². The van der Waals surface area contributed by atoms with Crippen LogP contribution < -0.4 is 10.6 Å². The van der Waals surface area contributed by atoms with Crippen LogP contribution in [-0.2, 0) is 12.8 Å². The van der Waals surface area contributed by atoms with Crippen LogP contribution in [0.25, 0.3) is 11.0 Å². The van der Waals surface area contributed by atoms with Gasteiger partial charge in [-0.2, -0.15) is 0 Å². The Kier molecular flexibility index (Phi) is 2.14. The number of hydrogen-bond donors (Lipinski definition) is 1. The molecule has 0 aliphatic heterocycles. The molecule has 1 atom stereocenters. The molecule has 1 aromatic heterocycles. The Morgan fingerprint density at radius 2 is 2.12 bits per heavy atom. The third kappa shape index (κ3) is 1.58. The van der Waals surface area contributed by atoms with Crippen LogP contribution in [0, 0.1) is 11.1 Å². The van der Waals surface area contributed by atoms with E-state index in [1.165, 1.54) is 11.1 Å². The Morgan fingerprint density at radius 3 is 2.82 bits per heavy atom. The van der Waals surface area contributed by atoms with Crippen LogP contribution in [0.3, 0.4) is 0 Å². The van der Waals surface area contributed by atoms with Crippen LogP contribution in [0.5, 0.6) is 0 Å². The van der Waals surface area contributed by atoms with Gasteiger partial charge in [-0.3, -0.25) is 0 Å². The smallest absolute Gasteiger partial charge is 0.288 e. The Labute approximate surface area is 98.9 Å². The maximum Gasteiger partial charge on any atom is 0.288 e. The van der Waals surface area contributed by atoms with Crippen molar-refractivity contribution in [3.05, 3.63) is 28.5 Å². The Hall–Kier alpha value is -1.91. The second-order valence-electron chi connectivity index (χ2n) is 4.64. The van der Waals surface area contributed by atoms with Gasteiger partial charge >= 0.3 is 0 Å². The van der Waals surface area contributed by atoms with Gasteiger partial charge in [0, 0.05) is 6.07 Å². The number of aromatic nitrogens is 3. The largest absolute Gasteiger partial charge is 0.594 e. The van der Waals surface area contributed by atoms with Gasteiger partial charge in [0.15, 0.2) is 0 Å². The summed E-state index contributed by atoms with van der Waals surface area (Å²) in [6, 6.07) is 3.89. The molecule has 2 N–H and O–H groups in total. The summed E-state index contributed by atoms with van der Waals surface area (Å²) in [7, 11) is 0. The van der Waals surface area contributed by atoms with E-state index >= 15 is 0 Å². The molecule has 1 aliphatic carbocycles. The summed E-state index contributed by atoms with van der Waals surface area (Å²) in [5.41, 5.74) is 9.18. The van der Waals surface area contributed by atoms with Gasteiger partial charge in [0.2, 0.25) is 0 Å². The monoisotopic (exact) mass is 230 g/mol. The fourth-order valence-corrected chi connectivity index (χ4v) is 2.56. The van der Waals surface area contributed by atoms with E-state index < -0.39 is 0 Å². The van der Waals surface area contributed by atoms with Crippen molar-refractivity contribution in [3.63, 3.8) is 0 Å². The molecule has 1 heterocycles. The van der Waals surface area contributed by atoms with Gasteiger partial charge in [-0.25, -0.2) is 4.98 Å². The molecule has 5 nitrogen and oxygen atoms in total. The molecule has 1 aliphatic rings. The second-order valence-corrected chi connectivity index (χ2v) is 4.64. The number of fused-ring (bicyclic) bond motifs is 2. The summed E-state index contributed by atoms with van der Waals surface area (Å²) < 4.78 is 0. The molecule has 2 aromatic rings. The van der Waals surface area contributed by atoms with Crippen molar-refractivity contribution in [1.29, 1.82) is 0 Å². The summed E-state index contributed by atoms with van der Waals surface area (Å²) in [5, 5.41) is 15.2. The van der Waals surface area contributed by atoms with Crippen molar-refractivity contribution < 1.29 is 4.85 Å². The molecular formula is C12H14N4O. The van der Waals surface area contributed by atoms with Crippen LogP contribution in [0.1, 0.15) is 24.5 Å². The molecule has 1 aromatic carbocycles. The van der Waals surface area contributed by atoms with Gasteiger partial charge in [0.05, 0.1) is 5.10 Å². The van der Waals surface area contributed by atoms with Gasteiger partial charge in [-0.1, -0.05) is 13.3 Å². The van der Waals surface area contributed by atoms with Crippen LogP contribution >= 0.6 is 0 Å². The first-order valence-electron chi connectivity index (χ1n) is 5.86. The van der Waals surface area contributed by atoms with E-state index in [2.05, 4.69) is 17.0 Å². The lowest BCUT2D eigenvalue weighted by Gasteiger charge is -2.02. The van der Waals surface area contributed by atoms with E-state index in [0.717, 1.165) is 19.3 Å². The Balaban J connectivity index is 2.20. The SMILES string of the molecule is CCC1Cc2cc3nc(N)n[n+]([O-])c3cc2C1. The van der Waals surface area contributed by atoms with Gasteiger partial charge in [0.25, 0.3) is 11.5 Å². The minimum absolute atomic E-state index is 0.0255. The van der Waals surface area contributed by atoms with Crippen LogP contribution in [-0.4, -0.2) is 10.1 Å². The highest BCUT2D eigenvalue weighted by Gasteiger charge is 2.23. The lowest BCUT2D eigenvalue weighted by molar-refractivity contribution is -0.641. The average Bonchev–Trinajstić information content (AvgIpc) is 2.68. The predicted molar refractivity (Wildman–Crippen MR) is 64.1 cm³/mol. The minimum Gasteiger partial charge on any atom is -0.594 e. The van der Waals surface area contributed by atoms with E-state index in [1.54, 1.807) is 0 Å². The van der Waals surface area contributed by atoms with Gasteiger partial charge in [-0.15, -0.1) is 0 Å². The third-order valence-corrected chi connectivity index (χ3v) is 3.53. The molecular weight excluding hydrogens is 216 g/mol. The van der Waals surface area contributed by atoms with Crippen LogP contribution in [0.2, 0.25) is 0 Å². The van der Waals surface area contributed by atoms with Gasteiger partial charge < -0.3 is 10.9 Å². The number of nitrogens with zero attached hydrogens (tertiary/aromatic N) is 3. The average molecular weight is 230 g/mol. The minimum atomic E-state index is 0.0255. The zero-order valence-electron chi connectivity index (χ0n) is 9.68.